The minimum absolute atomic E-state index is 0.0908. The van der Waals surface area contributed by atoms with Crippen LogP contribution in [0.5, 0.6) is 5.75 Å². The summed E-state index contributed by atoms with van der Waals surface area (Å²) in [6.45, 7) is 8.50. The monoisotopic (exact) mass is 408 g/mol. The number of carbonyl (C=O) groups is 1. The number of hydrogen-bond donors (Lipinski definition) is 1. The van der Waals surface area contributed by atoms with E-state index in [-0.39, 0.29) is 17.8 Å². The number of aromatic nitrogens is 3. The fraction of sp³-hybridized carbons (Fsp3) is 0.227. The zero-order valence-corrected chi connectivity index (χ0v) is 17.4. The quantitative estimate of drug-likeness (QED) is 0.418. The smallest absolute Gasteiger partial charge is 0.237 e. The van der Waals surface area contributed by atoms with Crippen molar-refractivity contribution in [2.24, 2.45) is 0 Å². The van der Waals surface area contributed by atoms with E-state index in [4.69, 9.17) is 4.74 Å². The van der Waals surface area contributed by atoms with Crippen molar-refractivity contribution in [2.75, 3.05) is 5.32 Å². The van der Waals surface area contributed by atoms with Gasteiger partial charge in [-0.25, -0.2) is 0 Å². The number of thioether (sulfide) groups is 1. The first kappa shape index (κ1) is 20.7. The van der Waals surface area contributed by atoms with Gasteiger partial charge in [-0.05, 0) is 43.7 Å². The zero-order valence-electron chi connectivity index (χ0n) is 16.5. The minimum Gasteiger partial charge on any atom is -0.486 e. The van der Waals surface area contributed by atoms with Gasteiger partial charge < -0.3 is 10.1 Å². The SMILES string of the molecule is C=CCn1c(COc2cccc(C)c2)nnc1S[C@@H](C)C(=O)Nc1ccccc1. The molecule has 0 unspecified atom stereocenters. The summed E-state index contributed by atoms with van der Waals surface area (Å²) >= 11 is 1.36. The van der Waals surface area contributed by atoms with Crippen LogP contribution in [0, 0.1) is 6.92 Å². The van der Waals surface area contributed by atoms with Crippen molar-refractivity contribution in [1.82, 2.24) is 14.8 Å². The Balaban J connectivity index is 1.67. The minimum atomic E-state index is -0.339. The molecule has 1 heterocycles. The van der Waals surface area contributed by atoms with Gasteiger partial charge in [-0.2, -0.15) is 0 Å². The van der Waals surface area contributed by atoms with E-state index in [0.29, 0.717) is 17.5 Å². The van der Waals surface area contributed by atoms with Gasteiger partial charge in [0.1, 0.15) is 12.4 Å². The van der Waals surface area contributed by atoms with Crippen molar-refractivity contribution < 1.29 is 9.53 Å². The average Bonchev–Trinajstić information content (AvgIpc) is 3.09. The van der Waals surface area contributed by atoms with Crippen LogP contribution in [-0.2, 0) is 17.9 Å². The summed E-state index contributed by atoms with van der Waals surface area (Å²) in [5.74, 6) is 1.37. The molecule has 0 bridgehead atoms. The number of benzene rings is 2. The van der Waals surface area contributed by atoms with Gasteiger partial charge in [-0.15, -0.1) is 16.8 Å². The Hall–Kier alpha value is -3.06. The molecule has 2 aromatic carbocycles. The number of anilines is 1. The van der Waals surface area contributed by atoms with Gasteiger partial charge in [0.05, 0.1) is 5.25 Å². The number of allylic oxidation sites excluding steroid dienone is 1. The molecule has 1 aromatic heterocycles. The maximum atomic E-state index is 12.5. The number of ether oxygens (including phenoxy) is 1. The summed E-state index contributed by atoms with van der Waals surface area (Å²) in [5, 5.41) is 11.7. The van der Waals surface area contributed by atoms with Gasteiger partial charge in [0.15, 0.2) is 11.0 Å². The molecule has 3 rings (SSSR count). The highest BCUT2D eigenvalue weighted by Crippen LogP contribution is 2.24. The summed E-state index contributed by atoms with van der Waals surface area (Å²) in [5.41, 5.74) is 1.90. The fourth-order valence-corrected chi connectivity index (χ4v) is 3.53. The molecule has 0 aliphatic rings. The van der Waals surface area contributed by atoms with E-state index in [1.54, 1.807) is 6.08 Å². The van der Waals surface area contributed by atoms with Gasteiger partial charge >= 0.3 is 0 Å². The molecule has 29 heavy (non-hydrogen) atoms. The second-order valence-corrected chi connectivity index (χ2v) is 7.83. The third-order valence-corrected chi connectivity index (χ3v) is 5.24. The molecule has 0 aliphatic carbocycles. The Kier molecular flexibility index (Phi) is 7.08. The molecule has 0 fully saturated rings. The van der Waals surface area contributed by atoms with Gasteiger partial charge in [-0.3, -0.25) is 9.36 Å². The predicted octanol–water partition coefficient (Wildman–Crippen LogP) is 4.47. The highest BCUT2D eigenvalue weighted by Gasteiger charge is 2.20. The van der Waals surface area contributed by atoms with Crippen LogP contribution in [0.2, 0.25) is 0 Å². The second-order valence-electron chi connectivity index (χ2n) is 6.52. The number of amides is 1. The lowest BCUT2D eigenvalue weighted by Crippen LogP contribution is -2.23. The largest absolute Gasteiger partial charge is 0.486 e. The van der Waals surface area contributed by atoms with E-state index in [0.717, 1.165) is 17.0 Å². The van der Waals surface area contributed by atoms with Gasteiger partial charge in [-0.1, -0.05) is 48.2 Å². The van der Waals surface area contributed by atoms with Crippen LogP contribution in [-0.4, -0.2) is 25.9 Å². The lowest BCUT2D eigenvalue weighted by Gasteiger charge is -2.13. The standard InChI is InChI=1S/C22H24N4O2S/c1-4-13-26-20(15-28-19-12-8-9-16(2)14-19)24-25-22(26)29-17(3)21(27)23-18-10-6-5-7-11-18/h4-12,14,17H,1,13,15H2,2-3H3,(H,23,27)/t17-/m0/s1. The molecule has 6 nitrogen and oxygen atoms in total. The molecule has 1 atom stereocenters. The Labute approximate surface area is 175 Å². The van der Waals surface area contributed by atoms with Crippen LogP contribution < -0.4 is 10.1 Å². The number of carbonyl (C=O) groups excluding carboxylic acids is 1. The van der Waals surface area contributed by atoms with Crippen molar-refractivity contribution >= 4 is 23.4 Å². The summed E-state index contributed by atoms with van der Waals surface area (Å²) < 4.78 is 7.77. The number of para-hydroxylation sites is 1. The van der Waals surface area contributed by atoms with Gasteiger partial charge in [0, 0.05) is 12.2 Å². The summed E-state index contributed by atoms with van der Waals surface area (Å²) in [6.07, 6.45) is 1.78. The Bertz CT molecular complexity index is 972. The van der Waals surface area contributed by atoms with Crippen LogP contribution in [0.4, 0.5) is 5.69 Å². The topological polar surface area (TPSA) is 69.0 Å². The van der Waals surface area contributed by atoms with Crippen molar-refractivity contribution in [1.29, 1.82) is 0 Å². The molecule has 0 spiro atoms. The van der Waals surface area contributed by atoms with E-state index in [1.165, 1.54) is 11.8 Å². The first-order chi connectivity index (χ1) is 14.1. The lowest BCUT2D eigenvalue weighted by atomic mass is 10.2. The molecule has 3 aromatic rings. The summed E-state index contributed by atoms with van der Waals surface area (Å²) in [6, 6.07) is 17.2. The number of aryl methyl sites for hydroxylation is 1. The number of nitrogens with zero attached hydrogens (tertiary/aromatic N) is 3. The van der Waals surface area contributed by atoms with E-state index < -0.39 is 0 Å². The maximum absolute atomic E-state index is 12.5. The summed E-state index contributed by atoms with van der Waals surface area (Å²) in [7, 11) is 0. The Morgan fingerprint density at radius 2 is 2.03 bits per heavy atom. The predicted molar refractivity (Wildman–Crippen MR) is 116 cm³/mol. The highest BCUT2D eigenvalue weighted by molar-refractivity contribution is 8.00. The molecule has 0 radical (unpaired) electrons. The lowest BCUT2D eigenvalue weighted by molar-refractivity contribution is -0.115. The van der Waals surface area contributed by atoms with Crippen molar-refractivity contribution in [3.05, 3.63) is 78.6 Å². The van der Waals surface area contributed by atoms with E-state index in [1.807, 2.05) is 73.0 Å². The molecule has 1 N–H and O–H groups in total. The second kappa shape index (κ2) is 9.93. The number of hydrogen-bond acceptors (Lipinski definition) is 5. The molecule has 150 valence electrons. The fourth-order valence-electron chi connectivity index (χ4n) is 2.66. The van der Waals surface area contributed by atoms with E-state index in [2.05, 4.69) is 22.1 Å². The van der Waals surface area contributed by atoms with Crippen LogP contribution in [0.15, 0.2) is 72.4 Å². The summed E-state index contributed by atoms with van der Waals surface area (Å²) in [4.78, 5) is 12.5. The highest BCUT2D eigenvalue weighted by atomic mass is 32.2. The average molecular weight is 409 g/mol. The molecular formula is C22H24N4O2S. The zero-order chi connectivity index (χ0) is 20.6. The molecule has 1 amide bonds. The molecule has 7 heteroatoms. The Morgan fingerprint density at radius 1 is 1.24 bits per heavy atom. The molecule has 0 saturated heterocycles. The number of nitrogens with one attached hydrogen (secondary N) is 1. The van der Waals surface area contributed by atoms with Crippen molar-refractivity contribution in [2.45, 2.75) is 37.4 Å². The van der Waals surface area contributed by atoms with Gasteiger partial charge in [0.25, 0.3) is 0 Å². The van der Waals surface area contributed by atoms with Crippen molar-refractivity contribution in [3.63, 3.8) is 0 Å². The first-order valence-electron chi connectivity index (χ1n) is 9.32. The molecular weight excluding hydrogens is 384 g/mol. The van der Waals surface area contributed by atoms with Crippen LogP contribution >= 0.6 is 11.8 Å². The van der Waals surface area contributed by atoms with Crippen molar-refractivity contribution in [3.8, 4) is 5.75 Å². The van der Waals surface area contributed by atoms with Crippen LogP contribution in [0.3, 0.4) is 0 Å². The number of rotatable bonds is 9. The third kappa shape index (κ3) is 5.71. The molecule has 0 saturated carbocycles. The first-order valence-corrected chi connectivity index (χ1v) is 10.2. The van der Waals surface area contributed by atoms with Crippen LogP contribution in [0.25, 0.3) is 0 Å². The normalized spacial score (nSPS) is 11.7. The third-order valence-electron chi connectivity index (χ3n) is 4.16. The van der Waals surface area contributed by atoms with Gasteiger partial charge in [0.2, 0.25) is 5.91 Å². The van der Waals surface area contributed by atoms with Crippen LogP contribution in [0.1, 0.15) is 18.3 Å². The molecule has 0 aliphatic heterocycles. The Morgan fingerprint density at radius 3 is 2.76 bits per heavy atom. The van der Waals surface area contributed by atoms with E-state index >= 15 is 0 Å². The van der Waals surface area contributed by atoms with E-state index in [9.17, 15) is 4.79 Å². The maximum Gasteiger partial charge on any atom is 0.237 e.